The van der Waals surface area contributed by atoms with E-state index in [0.717, 1.165) is 18.4 Å². The second kappa shape index (κ2) is 2.74. The van der Waals surface area contributed by atoms with Crippen molar-refractivity contribution in [3.63, 3.8) is 0 Å². The van der Waals surface area contributed by atoms with E-state index in [4.69, 9.17) is 5.26 Å². The summed E-state index contributed by atoms with van der Waals surface area (Å²) in [4.78, 5) is 0. The van der Waals surface area contributed by atoms with Gasteiger partial charge in [0.15, 0.2) is 0 Å². The lowest BCUT2D eigenvalue weighted by Gasteiger charge is -2.06. The van der Waals surface area contributed by atoms with Gasteiger partial charge in [0.1, 0.15) is 5.75 Å². The Labute approximate surface area is 84.9 Å². The van der Waals surface area contributed by atoms with Gasteiger partial charge in [-0.2, -0.15) is 5.26 Å². The summed E-state index contributed by atoms with van der Waals surface area (Å²) >= 11 is 3.24. The van der Waals surface area contributed by atoms with Crippen LogP contribution in [0.1, 0.15) is 18.4 Å². The minimum absolute atomic E-state index is 0.220. The Morgan fingerprint density at radius 2 is 2.15 bits per heavy atom. The van der Waals surface area contributed by atoms with Gasteiger partial charge in [-0.15, -0.1) is 0 Å². The SMILES string of the molecule is N#CC1(c2ccc(O)c(Br)c2)CC1. The van der Waals surface area contributed by atoms with E-state index in [0.29, 0.717) is 4.47 Å². The quantitative estimate of drug-likeness (QED) is 0.817. The first-order chi connectivity index (χ1) is 6.18. The van der Waals surface area contributed by atoms with Crippen LogP contribution in [-0.2, 0) is 5.41 Å². The van der Waals surface area contributed by atoms with Gasteiger partial charge in [-0.05, 0) is 46.5 Å². The number of phenols is 1. The average molecular weight is 238 g/mol. The molecular formula is C10H8BrNO. The van der Waals surface area contributed by atoms with Crippen molar-refractivity contribution in [2.75, 3.05) is 0 Å². The molecule has 1 fully saturated rings. The Hall–Kier alpha value is -1.01. The molecule has 1 aliphatic carbocycles. The van der Waals surface area contributed by atoms with Crippen molar-refractivity contribution in [2.24, 2.45) is 0 Å². The minimum atomic E-state index is -0.268. The molecule has 0 unspecified atom stereocenters. The summed E-state index contributed by atoms with van der Waals surface area (Å²) < 4.78 is 0.659. The van der Waals surface area contributed by atoms with Gasteiger partial charge >= 0.3 is 0 Å². The predicted octanol–water partition coefficient (Wildman–Crippen LogP) is 2.71. The Morgan fingerprint density at radius 3 is 2.62 bits per heavy atom. The minimum Gasteiger partial charge on any atom is -0.507 e. The third-order valence-corrected chi connectivity index (χ3v) is 3.10. The van der Waals surface area contributed by atoms with Gasteiger partial charge in [0.2, 0.25) is 0 Å². The zero-order valence-electron chi connectivity index (χ0n) is 6.92. The molecule has 1 aliphatic rings. The molecule has 0 atom stereocenters. The van der Waals surface area contributed by atoms with Gasteiger partial charge < -0.3 is 5.11 Å². The molecule has 1 N–H and O–H groups in total. The van der Waals surface area contributed by atoms with Crippen LogP contribution in [0.4, 0.5) is 0 Å². The van der Waals surface area contributed by atoms with E-state index >= 15 is 0 Å². The van der Waals surface area contributed by atoms with Gasteiger partial charge in [-0.1, -0.05) is 6.07 Å². The van der Waals surface area contributed by atoms with Crippen LogP contribution in [0.15, 0.2) is 22.7 Å². The molecule has 0 radical (unpaired) electrons. The Bertz CT molecular complexity index is 390. The van der Waals surface area contributed by atoms with Crippen molar-refractivity contribution < 1.29 is 5.11 Å². The number of rotatable bonds is 1. The summed E-state index contributed by atoms with van der Waals surface area (Å²) in [7, 11) is 0. The van der Waals surface area contributed by atoms with E-state index in [-0.39, 0.29) is 11.2 Å². The average Bonchev–Trinajstić information content (AvgIpc) is 2.90. The van der Waals surface area contributed by atoms with Crippen molar-refractivity contribution in [3.05, 3.63) is 28.2 Å². The van der Waals surface area contributed by atoms with E-state index in [9.17, 15) is 5.11 Å². The van der Waals surface area contributed by atoms with Crippen LogP contribution in [-0.4, -0.2) is 5.11 Å². The van der Waals surface area contributed by atoms with Crippen molar-refractivity contribution >= 4 is 15.9 Å². The smallest absolute Gasteiger partial charge is 0.129 e. The number of nitriles is 1. The third kappa shape index (κ3) is 1.31. The third-order valence-electron chi connectivity index (χ3n) is 2.46. The molecule has 0 amide bonds. The number of halogens is 1. The van der Waals surface area contributed by atoms with Gasteiger partial charge in [-0.25, -0.2) is 0 Å². The maximum absolute atomic E-state index is 9.27. The second-order valence-corrected chi connectivity index (χ2v) is 4.21. The summed E-state index contributed by atoms with van der Waals surface area (Å²) in [5, 5.41) is 18.2. The topological polar surface area (TPSA) is 44.0 Å². The fourth-order valence-electron chi connectivity index (χ4n) is 1.39. The molecule has 2 nitrogen and oxygen atoms in total. The van der Waals surface area contributed by atoms with E-state index in [2.05, 4.69) is 22.0 Å². The first-order valence-corrected chi connectivity index (χ1v) is 4.87. The maximum atomic E-state index is 9.27. The van der Waals surface area contributed by atoms with Crippen molar-refractivity contribution in [3.8, 4) is 11.8 Å². The molecule has 0 heterocycles. The maximum Gasteiger partial charge on any atom is 0.129 e. The number of hydrogen-bond donors (Lipinski definition) is 1. The van der Waals surface area contributed by atoms with Crippen LogP contribution >= 0.6 is 15.9 Å². The monoisotopic (exact) mass is 237 g/mol. The molecule has 13 heavy (non-hydrogen) atoms. The molecule has 0 aliphatic heterocycles. The van der Waals surface area contributed by atoms with E-state index in [1.807, 2.05) is 12.1 Å². The summed E-state index contributed by atoms with van der Waals surface area (Å²) in [6.07, 6.45) is 1.86. The first-order valence-electron chi connectivity index (χ1n) is 4.08. The summed E-state index contributed by atoms with van der Waals surface area (Å²) in [5.74, 6) is 0.220. The van der Waals surface area contributed by atoms with E-state index < -0.39 is 0 Å². The zero-order chi connectivity index (χ0) is 9.47. The van der Waals surface area contributed by atoms with Gasteiger partial charge in [-0.3, -0.25) is 0 Å². The van der Waals surface area contributed by atoms with Crippen molar-refractivity contribution in [1.29, 1.82) is 5.26 Å². The van der Waals surface area contributed by atoms with Crippen LogP contribution in [0.5, 0.6) is 5.75 Å². The van der Waals surface area contributed by atoms with Crippen LogP contribution in [0.3, 0.4) is 0 Å². The zero-order valence-corrected chi connectivity index (χ0v) is 8.50. The van der Waals surface area contributed by atoms with Crippen LogP contribution in [0, 0.1) is 11.3 Å². The molecule has 0 aromatic heterocycles. The van der Waals surface area contributed by atoms with E-state index in [1.165, 1.54) is 0 Å². The molecule has 1 saturated carbocycles. The molecule has 3 heteroatoms. The fourth-order valence-corrected chi connectivity index (χ4v) is 1.77. The number of aromatic hydroxyl groups is 1. The number of phenolic OH excluding ortho intramolecular Hbond substituents is 1. The molecular weight excluding hydrogens is 230 g/mol. The highest BCUT2D eigenvalue weighted by Crippen LogP contribution is 2.48. The summed E-state index contributed by atoms with van der Waals surface area (Å²) in [6.45, 7) is 0. The highest BCUT2D eigenvalue weighted by Gasteiger charge is 2.44. The fraction of sp³-hybridized carbons (Fsp3) is 0.300. The van der Waals surface area contributed by atoms with Crippen molar-refractivity contribution in [1.82, 2.24) is 0 Å². The van der Waals surface area contributed by atoms with Gasteiger partial charge in [0, 0.05) is 0 Å². The largest absolute Gasteiger partial charge is 0.507 e. The van der Waals surface area contributed by atoms with Crippen LogP contribution < -0.4 is 0 Å². The normalized spacial score (nSPS) is 17.8. The molecule has 1 aromatic carbocycles. The van der Waals surface area contributed by atoms with E-state index in [1.54, 1.807) is 6.07 Å². The van der Waals surface area contributed by atoms with Gasteiger partial charge in [0.25, 0.3) is 0 Å². The lowest BCUT2D eigenvalue weighted by molar-refractivity contribution is 0.471. The Morgan fingerprint density at radius 1 is 1.46 bits per heavy atom. The Balaban J connectivity index is 2.44. The molecule has 0 spiro atoms. The molecule has 0 saturated heterocycles. The standard InChI is InChI=1S/C10H8BrNO/c11-8-5-7(1-2-9(8)13)10(6-12)3-4-10/h1-2,5,13H,3-4H2. The first kappa shape index (κ1) is 8.58. The highest BCUT2D eigenvalue weighted by atomic mass is 79.9. The Kier molecular flexibility index (Phi) is 1.81. The second-order valence-electron chi connectivity index (χ2n) is 3.36. The number of nitrogens with zero attached hydrogens (tertiary/aromatic N) is 1. The van der Waals surface area contributed by atoms with Gasteiger partial charge in [0.05, 0.1) is 16.0 Å². The summed E-state index contributed by atoms with van der Waals surface area (Å²) in [6, 6.07) is 7.58. The number of benzene rings is 1. The highest BCUT2D eigenvalue weighted by molar-refractivity contribution is 9.10. The lowest BCUT2D eigenvalue weighted by Crippen LogP contribution is -2.01. The van der Waals surface area contributed by atoms with Crippen LogP contribution in [0.2, 0.25) is 0 Å². The molecule has 1 aromatic rings. The molecule has 66 valence electrons. The molecule has 2 rings (SSSR count). The lowest BCUT2D eigenvalue weighted by atomic mass is 9.98. The number of hydrogen-bond acceptors (Lipinski definition) is 2. The molecule has 0 bridgehead atoms. The summed E-state index contributed by atoms with van der Waals surface area (Å²) in [5.41, 5.74) is 0.732. The predicted molar refractivity (Wildman–Crippen MR) is 52.3 cm³/mol. The van der Waals surface area contributed by atoms with Crippen LogP contribution in [0.25, 0.3) is 0 Å². The van der Waals surface area contributed by atoms with Crippen molar-refractivity contribution in [2.45, 2.75) is 18.3 Å².